The Balaban J connectivity index is 2.10. The average molecular weight is 292 g/mol. The summed E-state index contributed by atoms with van der Waals surface area (Å²) in [7, 11) is 0. The molecule has 3 nitrogen and oxygen atoms in total. The second-order valence-electron chi connectivity index (χ2n) is 4.74. The van der Waals surface area contributed by atoms with Gasteiger partial charge in [0.25, 0.3) is 0 Å². The third kappa shape index (κ3) is 2.03. The van der Waals surface area contributed by atoms with Crippen LogP contribution in [0.3, 0.4) is 0 Å². The van der Waals surface area contributed by atoms with Crippen LogP contribution in [-0.2, 0) is 0 Å². The molecule has 0 saturated carbocycles. The summed E-state index contributed by atoms with van der Waals surface area (Å²) in [6, 6.07) is 15.5. The van der Waals surface area contributed by atoms with Crippen LogP contribution in [0.5, 0.6) is 0 Å². The Labute approximate surface area is 126 Å². The highest BCUT2D eigenvalue weighted by molar-refractivity contribution is 6.36. The number of halogens is 1. The van der Waals surface area contributed by atoms with E-state index < -0.39 is 0 Å². The van der Waals surface area contributed by atoms with Crippen LogP contribution in [0.1, 0.15) is 0 Å². The van der Waals surface area contributed by atoms with Crippen molar-refractivity contribution >= 4 is 33.4 Å². The molecular weight excluding hydrogens is 282 g/mol. The number of pyridine rings is 3. The van der Waals surface area contributed by atoms with Crippen molar-refractivity contribution in [1.82, 2.24) is 15.0 Å². The van der Waals surface area contributed by atoms with Crippen LogP contribution in [0.4, 0.5) is 0 Å². The van der Waals surface area contributed by atoms with Crippen molar-refractivity contribution in [2.75, 3.05) is 0 Å². The average Bonchev–Trinajstić information content (AvgIpc) is 2.55. The highest BCUT2D eigenvalue weighted by atomic mass is 35.5. The van der Waals surface area contributed by atoms with E-state index in [0.29, 0.717) is 5.02 Å². The van der Waals surface area contributed by atoms with E-state index in [1.807, 2.05) is 48.5 Å². The van der Waals surface area contributed by atoms with Crippen molar-refractivity contribution in [1.29, 1.82) is 0 Å². The van der Waals surface area contributed by atoms with E-state index in [1.165, 1.54) is 0 Å². The Bertz CT molecular complexity index is 952. The number of rotatable bonds is 1. The van der Waals surface area contributed by atoms with Gasteiger partial charge in [-0.2, -0.15) is 0 Å². The minimum atomic E-state index is 0.660. The number of hydrogen-bond acceptors (Lipinski definition) is 3. The van der Waals surface area contributed by atoms with Gasteiger partial charge in [0.2, 0.25) is 0 Å². The van der Waals surface area contributed by atoms with Gasteiger partial charge in [-0.3, -0.25) is 9.97 Å². The lowest BCUT2D eigenvalue weighted by atomic mass is 10.1. The molecule has 0 radical (unpaired) electrons. The Morgan fingerprint density at radius 1 is 0.762 bits per heavy atom. The maximum absolute atomic E-state index is 6.42. The van der Waals surface area contributed by atoms with Crippen LogP contribution in [0, 0.1) is 0 Å². The first-order valence-electron chi connectivity index (χ1n) is 6.58. The zero-order chi connectivity index (χ0) is 14.2. The van der Waals surface area contributed by atoms with Gasteiger partial charge in [-0.05, 0) is 24.3 Å². The lowest BCUT2D eigenvalue weighted by Crippen LogP contribution is -1.91. The van der Waals surface area contributed by atoms with Gasteiger partial charge in [0, 0.05) is 23.2 Å². The molecule has 3 aromatic heterocycles. The van der Waals surface area contributed by atoms with E-state index in [1.54, 1.807) is 12.4 Å². The Morgan fingerprint density at radius 2 is 1.67 bits per heavy atom. The fourth-order valence-corrected chi connectivity index (χ4v) is 2.69. The van der Waals surface area contributed by atoms with Crippen molar-refractivity contribution < 1.29 is 0 Å². The van der Waals surface area contributed by atoms with Crippen LogP contribution in [0.15, 0.2) is 60.9 Å². The van der Waals surface area contributed by atoms with Crippen LogP contribution >= 0.6 is 11.6 Å². The van der Waals surface area contributed by atoms with Crippen molar-refractivity contribution in [3.63, 3.8) is 0 Å². The van der Waals surface area contributed by atoms with Gasteiger partial charge < -0.3 is 0 Å². The lowest BCUT2D eigenvalue weighted by Gasteiger charge is -2.07. The molecule has 1 aromatic carbocycles. The summed E-state index contributed by atoms with van der Waals surface area (Å²) in [5.41, 5.74) is 3.22. The van der Waals surface area contributed by atoms with Crippen molar-refractivity contribution in [3.8, 4) is 11.4 Å². The number of fused-ring (bicyclic) bond motifs is 3. The summed E-state index contributed by atoms with van der Waals surface area (Å²) in [4.78, 5) is 13.5. The van der Waals surface area contributed by atoms with E-state index in [2.05, 4.69) is 9.97 Å². The zero-order valence-electron chi connectivity index (χ0n) is 11.0. The van der Waals surface area contributed by atoms with Crippen LogP contribution < -0.4 is 0 Å². The van der Waals surface area contributed by atoms with E-state index >= 15 is 0 Å². The van der Waals surface area contributed by atoms with Crippen LogP contribution in [-0.4, -0.2) is 15.0 Å². The Hall–Kier alpha value is -2.52. The normalized spacial score (nSPS) is 11.1. The predicted molar refractivity (Wildman–Crippen MR) is 85.3 cm³/mol. The molecule has 0 bridgehead atoms. The molecule has 0 fully saturated rings. The van der Waals surface area contributed by atoms with Crippen LogP contribution in [0.2, 0.25) is 5.02 Å². The van der Waals surface area contributed by atoms with Gasteiger partial charge in [0.1, 0.15) is 0 Å². The molecule has 21 heavy (non-hydrogen) atoms. The highest BCUT2D eigenvalue weighted by Gasteiger charge is 2.10. The fraction of sp³-hybridized carbons (Fsp3) is 0. The standard InChI is InChI=1S/C17H10ClN3/c18-13-10-15(14-5-1-2-8-19-14)21-17-12(13)7-6-11-4-3-9-20-16(11)17/h1-10H. The first-order chi connectivity index (χ1) is 10.3. The van der Waals surface area contributed by atoms with Gasteiger partial charge >= 0.3 is 0 Å². The number of hydrogen-bond donors (Lipinski definition) is 0. The smallest absolute Gasteiger partial charge is 0.0987 e. The first-order valence-corrected chi connectivity index (χ1v) is 6.96. The van der Waals surface area contributed by atoms with E-state index in [4.69, 9.17) is 16.6 Å². The molecule has 0 N–H and O–H groups in total. The fourth-order valence-electron chi connectivity index (χ4n) is 2.43. The molecule has 100 valence electrons. The van der Waals surface area contributed by atoms with Gasteiger partial charge in [-0.15, -0.1) is 0 Å². The number of aromatic nitrogens is 3. The van der Waals surface area contributed by atoms with Gasteiger partial charge in [-0.25, -0.2) is 4.98 Å². The van der Waals surface area contributed by atoms with Gasteiger partial charge in [0.05, 0.1) is 27.4 Å². The van der Waals surface area contributed by atoms with Crippen molar-refractivity contribution in [2.24, 2.45) is 0 Å². The summed E-state index contributed by atoms with van der Waals surface area (Å²) in [6.07, 6.45) is 3.52. The molecule has 0 aliphatic rings. The predicted octanol–water partition coefficient (Wildman–Crippen LogP) is 4.50. The Morgan fingerprint density at radius 3 is 2.52 bits per heavy atom. The van der Waals surface area contributed by atoms with Crippen LogP contribution in [0.25, 0.3) is 33.2 Å². The highest BCUT2D eigenvalue weighted by Crippen LogP contribution is 2.30. The molecule has 4 aromatic rings. The first kappa shape index (κ1) is 12.2. The summed E-state index contributed by atoms with van der Waals surface area (Å²) in [6.45, 7) is 0. The summed E-state index contributed by atoms with van der Waals surface area (Å²) in [5, 5.41) is 2.61. The Kier molecular flexibility index (Phi) is 2.79. The quantitative estimate of drug-likeness (QED) is 0.485. The molecule has 0 atom stereocenters. The third-order valence-corrected chi connectivity index (χ3v) is 3.74. The van der Waals surface area contributed by atoms with Gasteiger partial charge in [0.15, 0.2) is 0 Å². The van der Waals surface area contributed by atoms with Crippen molar-refractivity contribution in [3.05, 3.63) is 65.9 Å². The lowest BCUT2D eigenvalue weighted by molar-refractivity contribution is 1.27. The third-order valence-electron chi connectivity index (χ3n) is 3.43. The molecule has 0 unspecified atom stereocenters. The van der Waals surface area contributed by atoms with E-state index in [9.17, 15) is 0 Å². The number of benzene rings is 1. The van der Waals surface area contributed by atoms with E-state index in [0.717, 1.165) is 33.2 Å². The van der Waals surface area contributed by atoms with E-state index in [-0.39, 0.29) is 0 Å². The molecule has 3 heterocycles. The molecule has 0 aliphatic carbocycles. The second-order valence-corrected chi connectivity index (χ2v) is 5.15. The molecule has 0 spiro atoms. The van der Waals surface area contributed by atoms with Gasteiger partial charge in [-0.1, -0.05) is 35.9 Å². The molecule has 4 heteroatoms. The molecular formula is C17H10ClN3. The second kappa shape index (κ2) is 4.79. The number of nitrogens with zero attached hydrogens (tertiary/aromatic N) is 3. The zero-order valence-corrected chi connectivity index (χ0v) is 11.7. The largest absolute Gasteiger partial charge is 0.255 e. The summed E-state index contributed by atoms with van der Waals surface area (Å²) >= 11 is 6.42. The maximum atomic E-state index is 6.42. The monoisotopic (exact) mass is 291 g/mol. The molecule has 4 rings (SSSR count). The molecule has 0 saturated heterocycles. The minimum Gasteiger partial charge on any atom is -0.255 e. The minimum absolute atomic E-state index is 0.660. The molecule has 0 aliphatic heterocycles. The maximum Gasteiger partial charge on any atom is 0.0987 e. The van der Waals surface area contributed by atoms with Crippen molar-refractivity contribution in [2.45, 2.75) is 0 Å². The SMILES string of the molecule is Clc1cc(-c2ccccn2)nc2c1ccc1cccnc12. The summed E-state index contributed by atoms with van der Waals surface area (Å²) < 4.78 is 0. The topological polar surface area (TPSA) is 38.7 Å². The summed E-state index contributed by atoms with van der Waals surface area (Å²) in [5.74, 6) is 0. The molecule has 0 amide bonds.